The van der Waals surface area contributed by atoms with Crippen molar-refractivity contribution in [1.82, 2.24) is 0 Å². The van der Waals surface area contributed by atoms with E-state index in [1.807, 2.05) is 25.1 Å². The van der Waals surface area contributed by atoms with Gasteiger partial charge < -0.3 is 14.2 Å². The standard InChI is InChI=1S/C23H24N2O5/c1-5-12-30-20-11-6-16(14-21(20)28-3)13-19-15(2)24-25(22(19)26)18-9-7-17(8-10-18)23(27)29-4/h6-11,13-14H,5,12H2,1-4H3/b19-13+. The van der Waals surface area contributed by atoms with Crippen molar-refractivity contribution < 1.29 is 23.8 Å². The van der Waals surface area contributed by atoms with Crippen LogP contribution in [0.2, 0.25) is 0 Å². The Labute approximate surface area is 175 Å². The summed E-state index contributed by atoms with van der Waals surface area (Å²) in [6, 6.07) is 12.0. The number of benzene rings is 2. The summed E-state index contributed by atoms with van der Waals surface area (Å²) in [7, 11) is 2.90. The molecule has 0 aromatic heterocycles. The molecule has 7 heteroatoms. The maximum absolute atomic E-state index is 13.0. The molecule has 1 aliphatic rings. The molecular weight excluding hydrogens is 384 g/mol. The molecule has 0 N–H and O–H groups in total. The van der Waals surface area contributed by atoms with Gasteiger partial charge in [-0.05, 0) is 61.4 Å². The summed E-state index contributed by atoms with van der Waals surface area (Å²) in [4.78, 5) is 24.5. The Morgan fingerprint density at radius 3 is 2.47 bits per heavy atom. The smallest absolute Gasteiger partial charge is 0.337 e. The van der Waals surface area contributed by atoms with Crippen LogP contribution in [-0.4, -0.2) is 38.4 Å². The summed E-state index contributed by atoms with van der Waals surface area (Å²) < 4.78 is 15.8. The number of anilines is 1. The van der Waals surface area contributed by atoms with Crippen molar-refractivity contribution >= 4 is 29.4 Å². The zero-order valence-corrected chi connectivity index (χ0v) is 17.5. The summed E-state index contributed by atoms with van der Waals surface area (Å²) >= 11 is 0. The molecule has 0 saturated carbocycles. The molecule has 3 rings (SSSR count). The number of rotatable bonds is 7. The van der Waals surface area contributed by atoms with Gasteiger partial charge in [0.2, 0.25) is 0 Å². The highest BCUT2D eigenvalue weighted by atomic mass is 16.5. The number of esters is 1. The van der Waals surface area contributed by atoms with Gasteiger partial charge in [0.25, 0.3) is 5.91 Å². The minimum absolute atomic E-state index is 0.247. The fourth-order valence-corrected chi connectivity index (χ4v) is 2.99. The largest absolute Gasteiger partial charge is 0.493 e. The lowest BCUT2D eigenvalue weighted by molar-refractivity contribution is -0.114. The van der Waals surface area contributed by atoms with Crippen LogP contribution in [-0.2, 0) is 9.53 Å². The molecule has 156 valence electrons. The molecule has 1 amide bonds. The number of amides is 1. The second-order valence-corrected chi connectivity index (χ2v) is 6.66. The molecule has 0 fully saturated rings. The maximum Gasteiger partial charge on any atom is 0.337 e. The molecule has 0 aliphatic carbocycles. The zero-order chi connectivity index (χ0) is 21.7. The van der Waals surface area contributed by atoms with Gasteiger partial charge in [0.15, 0.2) is 11.5 Å². The Morgan fingerprint density at radius 1 is 1.10 bits per heavy atom. The van der Waals surface area contributed by atoms with Crippen molar-refractivity contribution in [3.8, 4) is 11.5 Å². The van der Waals surface area contributed by atoms with Gasteiger partial charge in [0.1, 0.15) is 0 Å². The first-order valence-corrected chi connectivity index (χ1v) is 9.59. The minimum atomic E-state index is -0.435. The first-order valence-electron chi connectivity index (χ1n) is 9.59. The van der Waals surface area contributed by atoms with Crippen LogP contribution in [0.1, 0.15) is 36.2 Å². The van der Waals surface area contributed by atoms with Gasteiger partial charge in [-0.25, -0.2) is 4.79 Å². The van der Waals surface area contributed by atoms with Gasteiger partial charge in [-0.2, -0.15) is 10.1 Å². The van der Waals surface area contributed by atoms with E-state index in [1.165, 1.54) is 12.1 Å². The lowest BCUT2D eigenvalue weighted by Crippen LogP contribution is -2.21. The number of hydrogen-bond acceptors (Lipinski definition) is 6. The third kappa shape index (κ3) is 4.35. The normalized spacial score (nSPS) is 14.7. The van der Waals surface area contributed by atoms with Crippen molar-refractivity contribution in [2.75, 3.05) is 25.8 Å². The molecule has 1 heterocycles. The molecule has 30 heavy (non-hydrogen) atoms. The third-order valence-electron chi connectivity index (χ3n) is 4.56. The van der Waals surface area contributed by atoms with Gasteiger partial charge >= 0.3 is 5.97 Å². The monoisotopic (exact) mass is 408 g/mol. The summed E-state index contributed by atoms with van der Waals surface area (Å²) in [6.07, 6.45) is 2.67. The number of carbonyl (C=O) groups excluding carboxylic acids is 2. The maximum atomic E-state index is 13.0. The van der Waals surface area contributed by atoms with Crippen LogP contribution >= 0.6 is 0 Å². The lowest BCUT2D eigenvalue weighted by Gasteiger charge is -2.12. The molecule has 2 aromatic rings. The predicted octanol–water partition coefficient (Wildman–Crippen LogP) is 4.08. The SMILES string of the molecule is CCCOc1ccc(/C=C2/C(=O)N(c3ccc(C(=O)OC)cc3)N=C2C)cc1OC. The molecule has 0 radical (unpaired) electrons. The Balaban J connectivity index is 1.84. The Morgan fingerprint density at radius 2 is 1.83 bits per heavy atom. The summed E-state index contributed by atoms with van der Waals surface area (Å²) in [6.45, 7) is 4.42. The van der Waals surface area contributed by atoms with Crippen LogP contribution in [0.25, 0.3) is 6.08 Å². The van der Waals surface area contributed by atoms with Crippen LogP contribution in [0.3, 0.4) is 0 Å². The Hall–Kier alpha value is -3.61. The van der Waals surface area contributed by atoms with E-state index < -0.39 is 5.97 Å². The van der Waals surface area contributed by atoms with Crippen LogP contribution in [0.15, 0.2) is 53.1 Å². The highest BCUT2D eigenvalue weighted by Crippen LogP contribution is 2.31. The molecule has 0 bridgehead atoms. The van der Waals surface area contributed by atoms with E-state index in [0.29, 0.717) is 40.6 Å². The van der Waals surface area contributed by atoms with Crippen LogP contribution in [0, 0.1) is 0 Å². The van der Waals surface area contributed by atoms with Gasteiger partial charge in [0, 0.05) is 0 Å². The zero-order valence-electron chi connectivity index (χ0n) is 17.5. The van der Waals surface area contributed by atoms with Crippen molar-refractivity contribution in [2.45, 2.75) is 20.3 Å². The highest BCUT2D eigenvalue weighted by molar-refractivity contribution is 6.32. The van der Waals surface area contributed by atoms with Crippen LogP contribution in [0.4, 0.5) is 5.69 Å². The molecule has 2 aromatic carbocycles. The summed E-state index contributed by atoms with van der Waals surface area (Å²) in [5.41, 5.74) is 2.85. The van der Waals surface area contributed by atoms with E-state index >= 15 is 0 Å². The van der Waals surface area contributed by atoms with E-state index in [1.54, 1.807) is 44.4 Å². The van der Waals surface area contributed by atoms with Crippen LogP contribution < -0.4 is 14.5 Å². The van der Waals surface area contributed by atoms with Crippen LogP contribution in [0.5, 0.6) is 11.5 Å². The van der Waals surface area contributed by atoms with E-state index in [0.717, 1.165) is 12.0 Å². The molecule has 1 aliphatic heterocycles. The highest BCUT2D eigenvalue weighted by Gasteiger charge is 2.29. The molecular formula is C23H24N2O5. The van der Waals surface area contributed by atoms with E-state index in [9.17, 15) is 9.59 Å². The number of ether oxygens (including phenoxy) is 3. The fourth-order valence-electron chi connectivity index (χ4n) is 2.99. The second-order valence-electron chi connectivity index (χ2n) is 6.66. The number of carbonyl (C=O) groups is 2. The molecule has 0 unspecified atom stereocenters. The Kier molecular flexibility index (Phi) is 6.51. The lowest BCUT2D eigenvalue weighted by atomic mass is 10.1. The third-order valence-corrected chi connectivity index (χ3v) is 4.56. The first-order chi connectivity index (χ1) is 14.5. The van der Waals surface area contributed by atoms with E-state index in [4.69, 9.17) is 14.2 Å². The van der Waals surface area contributed by atoms with Crippen molar-refractivity contribution in [1.29, 1.82) is 0 Å². The number of methoxy groups -OCH3 is 2. The quantitative estimate of drug-likeness (QED) is 0.510. The molecule has 7 nitrogen and oxygen atoms in total. The van der Waals surface area contributed by atoms with E-state index in [2.05, 4.69) is 5.10 Å². The van der Waals surface area contributed by atoms with E-state index in [-0.39, 0.29) is 5.91 Å². The topological polar surface area (TPSA) is 77.4 Å². The van der Waals surface area contributed by atoms with Crippen molar-refractivity contribution in [3.05, 3.63) is 59.2 Å². The summed E-state index contributed by atoms with van der Waals surface area (Å²) in [5, 5.41) is 5.69. The molecule has 0 spiro atoms. The minimum Gasteiger partial charge on any atom is -0.493 e. The Bertz CT molecular complexity index is 1010. The first kappa shape index (κ1) is 21.1. The fraction of sp³-hybridized carbons (Fsp3) is 0.261. The number of hydrazone groups is 1. The number of hydrogen-bond donors (Lipinski definition) is 0. The van der Waals surface area contributed by atoms with Crippen molar-refractivity contribution in [3.63, 3.8) is 0 Å². The number of nitrogens with zero attached hydrogens (tertiary/aromatic N) is 2. The van der Waals surface area contributed by atoms with Crippen molar-refractivity contribution in [2.24, 2.45) is 5.10 Å². The molecule has 0 saturated heterocycles. The van der Waals surface area contributed by atoms with Gasteiger partial charge in [-0.15, -0.1) is 0 Å². The average molecular weight is 408 g/mol. The molecule has 0 atom stereocenters. The van der Waals surface area contributed by atoms with Gasteiger partial charge in [0.05, 0.1) is 43.4 Å². The van der Waals surface area contributed by atoms with Gasteiger partial charge in [-0.1, -0.05) is 13.0 Å². The predicted molar refractivity (Wildman–Crippen MR) is 115 cm³/mol. The van der Waals surface area contributed by atoms with Gasteiger partial charge in [-0.3, -0.25) is 4.79 Å². The second kappa shape index (κ2) is 9.26. The summed E-state index contributed by atoms with van der Waals surface area (Å²) in [5.74, 6) is 0.587. The average Bonchev–Trinajstić information content (AvgIpc) is 3.05.